The van der Waals surface area contributed by atoms with Gasteiger partial charge in [-0.05, 0) is 12.1 Å². The first-order chi connectivity index (χ1) is 8.77. The van der Waals surface area contributed by atoms with Gasteiger partial charge in [-0.3, -0.25) is 0 Å². The Morgan fingerprint density at radius 1 is 0.889 bits per heavy atom. The lowest BCUT2D eigenvalue weighted by Crippen LogP contribution is -1.98. The monoisotopic (exact) mass is 258 g/mol. The fourth-order valence-corrected chi connectivity index (χ4v) is 2.61. The minimum absolute atomic E-state index is 0.452. The first-order valence-corrected chi connectivity index (χ1v) is 6.58. The summed E-state index contributed by atoms with van der Waals surface area (Å²) in [6.07, 6.45) is 0. The minimum Gasteiger partial charge on any atom is -0.227 e. The number of thiol groups is 1. The van der Waals surface area contributed by atoms with Crippen molar-refractivity contribution in [1.29, 1.82) is 0 Å². The van der Waals surface area contributed by atoms with Gasteiger partial charge in [0.05, 0.1) is 11.0 Å². The van der Waals surface area contributed by atoms with Gasteiger partial charge in [0.2, 0.25) is 10.9 Å². The molecule has 0 aliphatic heterocycles. The molecule has 0 N–H and O–H groups in total. The highest BCUT2D eigenvalue weighted by Gasteiger charge is 2.12. The molecular formula is C13H10N2O2S. The molecular weight excluding hydrogens is 248 g/mol. The van der Waals surface area contributed by atoms with Crippen LogP contribution in [0.5, 0.6) is 0 Å². The Morgan fingerprint density at radius 3 is 2.28 bits per heavy atom. The van der Waals surface area contributed by atoms with E-state index in [9.17, 15) is 8.42 Å². The minimum atomic E-state index is -2.75. The fourth-order valence-electron chi connectivity index (χ4n) is 1.95. The van der Waals surface area contributed by atoms with Gasteiger partial charge in [0.25, 0.3) is 0 Å². The van der Waals surface area contributed by atoms with Crippen molar-refractivity contribution in [3.8, 4) is 11.4 Å². The number of aromatic nitrogens is 2. The molecule has 1 heterocycles. The zero-order valence-corrected chi connectivity index (χ0v) is 10.2. The standard InChI is InChI=1S/C13H10N2O2S/c16-18(17)15-12-9-5-4-8-11(12)14-13(15)10-6-2-1-3-7-10/h1-9,18H. The number of rotatable bonds is 2. The summed E-state index contributed by atoms with van der Waals surface area (Å²) >= 11 is 0. The zero-order chi connectivity index (χ0) is 12.5. The third-order valence-corrected chi connectivity index (χ3v) is 3.46. The Balaban J connectivity index is 2.39. The zero-order valence-electron chi connectivity index (χ0n) is 9.35. The van der Waals surface area contributed by atoms with Gasteiger partial charge in [-0.15, -0.1) is 0 Å². The van der Waals surface area contributed by atoms with Crippen molar-refractivity contribution in [3.63, 3.8) is 0 Å². The highest BCUT2D eigenvalue weighted by Crippen LogP contribution is 2.24. The topological polar surface area (TPSA) is 52.0 Å². The summed E-state index contributed by atoms with van der Waals surface area (Å²) in [5.41, 5.74) is 2.07. The van der Waals surface area contributed by atoms with Gasteiger partial charge < -0.3 is 0 Å². The van der Waals surface area contributed by atoms with Crippen molar-refractivity contribution < 1.29 is 8.42 Å². The van der Waals surface area contributed by atoms with Gasteiger partial charge in [-0.25, -0.2) is 17.4 Å². The molecule has 3 rings (SSSR count). The SMILES string of the molecule is O=[SH](=O)n1c(-c2ccccc2)nc2ccccc21. The fraction of sp³-hybridized carbons (Fsp3) is 0. The molecule has 3 aromatic rings. The van der Waals surface area contributed by atoms with Crippen LogP contribution in [0, 0.1) is 0 Å². The molecule has 0 amide bonds. The molecule has 4 nitrogen and oxygen atoms in total. The lowest BCUT2D eigenvalue weighted by molar-refractivity contribution is 0.609. The molecule has 0 spiro atoms. The summed E-state index contributed by atoms with van der Waals surface area (Å²) in [6, 6.07) is 16.5. The van der Waals surface area contributed by atoms with E-state index >= 15 is 0 Å². The van der Waals surface area contributed by atoms with E-state index in [-0.39, 0.29) is 0 Å². The maximum atomic E-state index is 11.4. The van der Waals surface area contributed by atoms with Crippen molar-refractivity contribution in [2.24, 2.45) is 0 Å². The summed E-state index contributed by atoms with van der Waals surface area (Å²) < 4.78 is 24.1. The Hall–Kier alpha value is -2.14. The van der Waals surface area contributed by atoms with Gasteiger partial charge in [-0.2, -0.15) is 0 Å². The number of nitrogens with zero attached hydrogens (tertiary/aromatic N) is 2. The highest BCUT2D eigenvalue weighted by atomic mass is 32.2. The smallest absolute Gasteiger partial charge is 0.227 e. The Bertz CT molecular complexity index is 768. The van der Waals surface area contributed by atoms with Gasteiger partial charge >= 0.3 is 0 Å². The summed E-state index contributed by atoms with van der Waals surface area (Å²) in [5, 5.41) is 0. The van der Waals surface area contributed by atoms with Crippen LogP contribution < -0.4 is 0 Å². The predicted molar refractivity (Wildman–Crippen MR) is 70.9 cm³/mol. The van der Waals surface area contributed by atoms with E-state index in [4.69, 9.17) is 0 Å². The number of imidazole rings is 1. The molecule has 1 aromatic heterocycles. The molecule has 18 heavy (non-hydrogen) atoms. The van der Waals surface area contributed by atoms with Crippen molar-refractivity contribution in [1.82, 2.24) is 8.96 Å². The number of fused-ring (bicyclic) bond motifs is 1. The van der Waals surface area contributed by atoms with E-state index in [2.05, 4.69) is 4.98 Å². The Morgan fingerprint density at radius 2 is 1.56 bits per heavy atom. The van der Waals surface area contributed by atoms with Crippen LogP contribution in [0.2, 0.25) is 0 Å². The molecule has 0 fully saturated rings. The van der Waals surface area contributed by atoms with Crippen LogP contribution in [0.25, 0.3) is 22.4 Å². The molecule has 0 radical (unpaired) electrons. The predicted octanol–water partition coefficient (Wildman–Crippen LogP) is 2.08. The molecule has 90 valence electrons. The molecule has 0 atom stereocenters. The average molecular weight is 258 g/mol. The van der Waals surface area contributed by atoms with E-state index < -0.39 is 10.9 Å². The van der Waals surface area contributed by atoms with Gasteiger partial charge in [0.15, 0.2) is 5.82 Å². The molecule has 0 unspecified atom stereocenters. The number of para-hydroxylation sites is 2. The van der Waals surface area contributed by atoms with Crippen LogP contribution in [0.3, 0.4) is 0 Å². The quantitative estimate of drug-likeness (QED) is 0.716. The van der Waals surface area contributed by atoms with Crippen LogP contribution in [0.4, 0.5) is 0 Å². The van der Waals surface area contributed by atoms with Crippen LogP contribution in [-0.2, 0) is 10.9 Å². The molecule has 0 aliphatic carbocycles. The average Bonchev–Trinajstić information content (AvgIpc) is 2.79. The molecule has 2 aromatic carbocycles. The summed E-state index contributed by atoms with van der Waals surface area (Å²) in [6.45, 7) is 0. The van der Waals surface area contributed by atoms with Crippen LogP contribution in [0.1, 0.15) is 0 Å². The van der Waals surface area contributed by atoms with Gasteiger partial charge in [-0.1, -0.05) is 42.5 Å². The second-order valence-corrected chi connectivity index (χ2v) is 4.72. The number of benzene rings is 2. The third-order valence-electron chi connectivity index (χ3n) is 2.73. The molecule has 5 heteroatoms. The van der Waals surface area contributed by atoms with E-state index in [0.717, 1.165) is 5.56 Å². The maximum Gasteiger partial charge on any atom is 0.230 e. The summed E-state index contributed by atoms with van der Waals surface area (Å²) in [7, 11) is -2.75. The third kappa shape index (κ3) is 1.69. The largest absolute Gasteiger partial charge is 0.230 e. The molecule has 0 aliphatic rings. The number of hydrogen-bond donors (Lipinski definition) is 1. The maximum absolute atomic E-state index is 11.4. The lowest BCUT2D eigenvalue weighted by atomic mass is 10.2. The summed E-state index contributed by atoms with van der Waals surface area (Å²) in [5.74, 6) is 0.452. The van der Waals surface area contributed by atoms with Crippen LogP contribution >= 0.6 is 0 Å². The van der Waals surface area contributed by atoms with Crippen molar-refractivity contribution in [3.05, 3.63) is 54.6 Å². The molecule has 0 saturated heterocycles. The Kier molecular flexibility index (Phi) is 2.60. The van der Waals surface area contributed by atoms with Crippen molar-refractivity contribution in [2.75, 3.05) is 0 Å². The first kappa shape index (κ1) is 11.0. The second kappa shape index (κ2) is 4.27. The number of hydrogen-bond acceptors (Lipinski definition) is 3. The first-order valence-electron chi connectivity index (χ1n) is 5.45. The van der Waals surface area contributed by atoms with E-state index in [1.165, 1.54) is 3.97 Å². The lowest BCUT2D eigenvalue weighted by Gasteiger charge is -2.00. The molecule has 0 saturated carbocycles. The highest BCUT2D eigenvalue weighted by molar-refractivity contribution is 7.71. The van der Waals surface area contributed by atoms with E-state index in [1.54, 1.807) is 18.2 Å². The van der Waals surface area contributed by atoms with Crippen LogP contribution in [-0.4, -0.2) is 17.4 Å². The van der Waals surface area contributed by atoms with Crippen LogP contribution in [0.15, 0.2) is 54.6 Å². The summed E-state index contributed by atoms with van der Waals surface area (Å²) in [4.78, 5) is 4.38. The van der Waals surface area contributed by atoms with Gasteiger partial charge in [0, 0.05) is 5.56 Å². The van der Waals surface area contributed by atoms with E-state index in [1.807, 2.05) is 36.4 Å². The van der Waals surface area contributed by atoms with Gasteiger partial charge in [0.1, 0.15) is 0 Å². The van der Waals surface area contributed by atoms with E-state index in [0.29, 0.717) is 16.9 Å². The normalized spacial score (nSPS) is 11.2. The van der Waals surface area contributed by atoms with Crippen molar-refractivity contribution >= 4 is 21.9 Å². The Labute approximate surface area is 106 Å². The molecule has 0 bridgehead atoms. The van der Waals surface area contributed by atoms with Crippen molar-refractivity contribution in [2.45, 2.75) is 0 Å². The second-order valence-electron chi connectivity index (χ2n) is 3.84.